The number of carbonyl (C=O) groups excluding carboxylic acids is 2. The number of fused-ring (bicyclic) bond motifs is 1. The van der Waals surface area contributed by atoms with E-state index in [1.165, 1.54) is 0 Å². The molecule has 8 nitrogen and oxygen atoms in total. The third kappa shape index (κ3) is 8.27. The summed E-state index contributed by atoms with van der Waals surface area (Å²) in [6.45, 7) is 9.39. The van der Waals surface area contributed by atoms with Crippen molar-refractivity contribution >= 4 is 22.7 Å². The fourth-order valence-electron chi connectivity index (χ4n) is 4.73. The Kier molecular flexibility index (Phi) is 10.9. The summed E-state index contributed by atoms with van der Waals surface area (Å²) in [5, 5.41) is 14.5. The Bertz CT molecular complexity index is 1110. The number of primary amides is 1. The zero-order chi connectivity index (χ0) is 26.6. The van der Waals surface area contributed by atoms with Crippen molar-refractivity contribution in [2.45, 2.75) is 31.8 Å². The molecule has 0 bridgehead atoms. The number of carbonyl (C=O) groups is 2. The van der Waals surface area contributed by atoms with Crippen molar-refractivity contribution in [3.8, 4) is 5.75 Å². The lowest BCUT2D eigenvalue weighted by atomic mass is 9.84. The number of amides is 2. The standard InChI is InChI=1S/C29H38N4O4/c1-3-9-21(4-2)10-5-6-15-32-29(36)25-19-33(17-14-23(25)28(30)35)18-22(34)20-37-27-13-7-12-26-24(27)11-8-16-31-26/h3-4,7-9,11-13,16,22-23,25,34H,1-2,5-6,10,14-15,17-20H2,(H2,30,35)(H,32,36)/b21-9+. The van der Waals surface area contributed by atoms with Gasteiger partial charge in [0.05, 0.1) is 17.4 Å². The highest BCUT2D eigenvalue weighted by Crippen LogP contribution is 2.26. The molecular weight excluding hydrogens is 468 g/mol. The predicted octanol–water partition coefficient (Wildman–Crippen LogP) is 2.98. The average molecular weight is 507 g/mol. The van der Waals surface area contributed by atoms with E-state index in [1.807, 2.05) is 47.4 Å². The van der Waals surface area contributed by atoms with Crippen LogP contribution in [0.15, 0.2) is 73.5 Å². The number of aliphatic hydroxyl groups is 1. The van der Waals surface area contributed by atoms with Gasteiger partial charge < -0.3 is 20.9 Å². The molecule has 1 aromatic heterocycles. The van der Waals surface area contributed by atoms with Crippen LogP contribution in [0.3, 0.4) is 0 Å². The molecule has 3 rings (SSSR count). The minimum Gasteiger partial charge on any atom is -0.490 e. The molecule has 8 heteroatoms. The summed E-state index contributed by atoms with van der Waals surface area (Å²) in [5.74, 6) is -1.04. The Morgan fingerprint density at radius 3 is 2.84 bits per heavy atom. The number of nitrogens with zero attached hydrogens (tertiary/aromatic N) is 2. The van der Waals surface area contributed by atoms with Crippen molar-refractivity contribution in [2.75, 3.05) is 32.8 Å². The number of nitrogens with two attached hydrogens (primary N) is 1. The number of allylic oxidation sites excluding steroid dienone is 4. The summed E-state index contributed by atoms with van der Waals surface area (Å²) in [6.07, 6.45) is 9.50. The molecule has 1 fully saturated rings. The second-order valence-electron chi connectivity index (χ2n) is 9.38. The van der Waals surface area contributed by atoms with Crippen molar-refractivity contribution < 1.29 is 19.4 Å². The molecule has 1 aliphatic heterocycles. The average Bonchev–Trinajstić information content (AvgIpc) is 2.90. The number of rotatable bonds is 14. The van der Waals surface area contributed by atoms with Gasteiger partial charge in [0.2, 0.25) is 11.8 Å². The van der Waals surface area contributed by atoms with E-state index in [-0.39, 0.29) is 12.5 Å². The Morgan fingerprint density at radius 1 is 1.24 bits per heavy atom. The molecule has 0 saturated carbocycles. The van der Waals surface area contributed by atoms with Gasteiger partial charge in [-0.25, -0.2) is 0 Å². The van der Waals surface area contributed by atoms with Crippen LogP contribution in [0.4, 0.5) is 0 Å². The highest BCUT2D eigenvalue weighted by molar-refractivity contribution is 5.87. The Morgan fingerprint density at radius 2 is 2.08 bits per heavy atom. The fourth-order valence-corrected chi connectivity index (χ4v) is 4.73. The maximum Gasteiger partial charge on any atom is 0.225 e. The summed E-state index contributed by atoms with van der Waals surface area (Å²) < 4.78 is 5.89. The molecule has 3 atom stereocenters. The monoisotopic (exact) mass is 506 g/mol. The second-order valence-corrected chi connectivity index (χ2v) is 9.38. The Labute approximate surface area is 218 Å². The summed E-state index contributed by atoms with van der Waals surface area (Å²) in [5.41, 5.74) is 7.55. The molecule has 3 unspecified atom stereocenters. The summed E-state index contributed by atoms with van der Waals surface area (Å²) in [7, 11) is 0. The highest BCUT2D eigenvalue weighted by atomic mass is 16.5. The molecule has 2 aromatic rings. The minimum atomic E-state index is -0.761. The molecule has 4 N–H and O–H groups in total. The number of piperidine rings is 1. The Balaban J connectivity index is 1.49. The zero-order valence-corrected chi connectivity index (χ0v) is 21.4. The molecule has 2 amide bonds. The van der Waals surface area contributed by atoms with Crippen LogP contribution < -0.4 is 15.8 Å². The van der Waals surface area contributed by atoms with Crippen molar-refractivity contribution in [3.05, 3.63) is 73.5 Å². The first-order valence-electron chi connectivity index (χ1n) is 12.8. The first-order chi connectivity index (χ1) is 17.9. The number of ether oxygens (including phenoxy) is 1. The largest absolute Gasteiger partial charge is 0.490 e. The van der Waals surface area contributed by atoms with Gasteiger partial charge in [-0.2, -0.15) is 0 Å². The molecule has 0 radical (unpaired) electrons. The number of nitrogens with one attached hydrogen (secondary N) is 1. The molecule has 0 aliphatic carbocycles. The lowest BCUT2D eigenvalue weighted by Crippen LogP contribution is -2.52. The van der Waals surface area contributed by atoms with Crippen LogP contribution in [-0.2, 0) is 9.59 Å². The quantitative estimate of drug-likeness (QED) is 0.268. The van der Waals surface area contributed by atoms with Crippen molar-refractivity contribution in [2.24, 2.45) is 17.6 Å². The van der Waals surface area contributed by atoms with Crippen LogP contribution in [-0.4, -0.2) is 65.7 Å². The van der Waals surface area contributed by atoms with E-state index in [0.717, 1.165) is 35.7 Å². The molecular formula is C29H38N4O4. The normalized spacial score (nSPS) is 19.2. The number of benzene rings is 1. The molecule has 2 heterocycles. The molecule has 1 aromatic carbocycles. The number of hydrogen-bond acceptors (Lipinski definition) is 6. The van der Waals surface area contributed by atoms with Gasteiger partial charge in [-0.15, -0.1) is 0 Å². The van der Waals surface area contributed by atoms with Crippen molar-refractivity contribution in [3.63, 3.8) is 0 Å². The molecule has 1 saturated heterocycles. The predicted molar refractivity (Wildman–Crippen MR) is 146 cm³/mol. The molecule has 0 spiro atoms. The SMILES string of the molecule is C=C/C=C(\C=C)CCCCNC(=O)C1CN(CC(O)COc2cccc3ncccc23)CCC1C(N)=O. The number of β-amino-alcohol motifs (C(OH)–C–C–N with tert-alkyl or cyclic N) is 1. The Hall–Kier alpha value is -3.49. The molecule has 1 aliphatic rings. The number of pyridine rings is 1. The lowest BCUT2D eigenvalue weighted by molar-refractivity contribution is -0.136. The smallest absolute Gasteiger partial charge is 0.225 e. The van der Waals surface area contributed by atoms with Crippen molar-refractivity contribution in [1.82, 2.24) is 15.2 Å². The first kappa shape index (κ1) is 28.1. The number of likely N-dealkylation sites (tertiary alicyclic amines) is 1. The number of unbranched alkanes of at least 4 members (excludes halogenated alkanes) is 1. The van der Waals surface area contributed by atoms with Crippen LogP contribution in [0, 0.1) is 11.8 Å². The lowest BCUT2D eigenvalue weighted by Gasteiger charge is -2.37. The second kappa shape index (κ2) is 14.3. The van der Waals surface area contributed by atoms with Crippen LogP contribution in [0.2, 0.25) is 0 Å². The van der Waals surface area contributed by atoms with Crippen LogP contribution in [0.25, 0.3) is 10.9 Å². The summed E-state index contributed by atoms with van der Waals surface area (Å²) >= 11 is 0. The van der Waals surface area contributed by atoms with Gasteiger partial charge in [-0.05, 0) is 62.1 Å². The third-order valence-corrected chi connectivity index (χ3v) is 6.69. The molecule has 37 heavy (non-hydrogen) atoms. The minimum absolute atomic E-state index is 0.105. The van der Waals surface area contributed by atoms with E-state index in [1.54, 1.807) is 12.3 Å². The maximum atomic E-state index is 13.0. The van der Waals surface area contributed by atoms with Crippen LogP contribution >= 0.6 is 0 Å². The third-order valence-electron chi connectivity index (χ3n) is 6.69. The number of hydrogen-bond donors (Lipinski definition) is 3. The van der Waals surface area contributed by atoms with Gasteiger partial charge in [-0.3, -0.25) is 19.5 Å². The van der Waals surface area contributed by atoms with Gasteiger partial charge in [0.1, 0.15) is 18.5 Å². The zero-order valence-electron chi connectivity index (χ0n) is 21.4. The molecule has 198 valence electrons. The highest BCUT2D eigenvalue weighted by Gasteiger charge is 2.37. The van der Waals surface area contributed by atoms with E-state index < -0.39 is 23.8 Å². The van der Waals surface area contributed by atoms with Gasteiger partial charge in [-0.1, -0.05) is 37.5 Å². The summed E-state index contributed by atoms with van der Waals surface area (Å²) in [4.78, 5) is 31.3. The van der Waals surface area contributed by atoms with Crippen LogP contribution in [0.1, 0.15) is 25.7 Å². The topological polar surface area (TPSA) is 118 Å². The van der Waals surface area contributed by atoms with Gasteiger partial charge in [0.25, 0.3) is 0 Å². The van der Waals surface area contributed by atoms with E-state index in [4.69, 9.17) is 10.5 Å². The summed E-state index contributed by atoms with van der Waals surface area (Å²) in [6, 6.07) is 9.40. The maximum absolute atomic E-state index is 13.0. The van der Waals surface area contributed by atoms with E-state index in [2.05, 4.69) is 23.5 Å². The fraction of sp³-hybridized carbons (Fsp3) is 0.414. The number of aliphatic hydroxyl groups excluding tert-OH is 1. The van der Waals surface area contributed by atoms with Gasteiger partial charge >= 0.3 is 0 Å². The van der Waals surface area contributed by atoms with Crippen molar-refractivity contribution in [1.29, 1.82) is 0 Å². The number of aromatic nitrogens is 1. The van der Waals surface area contributed by atoms with E-state index >= 15 is 0 Å². The van der Waals surface area contributed by atoms with Crippen LogP contribution in [0.5, 0.6) is 5.75 Å². The van der Waals surface area contributed by atoms with Gasteiger partial charge in [0.15, 0.2) is 0 Å². The van der Waals surface area contributed by atoms with E-state index in [0.29, 0.717) is 38.3 Å². The van der Waals surface area contributed by atoms with Gasteiger partial charge in [0, 0.05) is 31.2 Å². The first-order valence-corrected chi connectivity index (χ1v) is 12.8. The van der Waals surface area contributed by atoms with E-state index in [9.17, 15) is 14.7 Å².